The van der Waals surface area contributed by atoms with Gasteiger partial charge in [0.05, 0.1) is 11.1 Å². The summed E-state index contributed by atoms with van der Waals surface area (Å²) in [5.74, 6) is 1.14. The number of hydrogen-bond acceptors (Lipinski definition) is 4. The van der Waals surface area contributed by atoms with Crippen LogP contribution in [-0.4, -0.2) is 21.4 Å². The molecule has 0 saturated heterocycles. The highest BCUT2D eigenvalue weighted by atomic mass is 32.2. The highest BCUT2D eigenvalue weighted by Crippen LogP contribution is 2.41. The molecule has 4 heteroatoms. The largest absolute Gasteiger partial charge is 0.335 e. The summed E-state index contributed by atoms with van der Waals surface area (Å²) < 4.78 is 0. The Morgan fingerprint density at radius 1 is 1.15 bits per heavy atom. The number of anilines is 1. The fourth-order valence-corrected chi connectivity index (χ4v) is 4.32. The van der Waals surface area contributed by atoms with E-state index in [9.17, 15) is 0 Å². The lowest BCUT2D eigenvalue weighted by Gasteiger charge is -2.16. The standard InChI is InChI=1S/C16H17N3S/c1-2-8-16(7-1)11-20-15(19-16)18-13-5-6-14-12(10-13)4-3-9-17-14/h3-6,9-10H,1-2,7-8,11H2,(H,18,19). The van der Waals surface area contributed by atoms with E-state index in [1.165, 1.54) is 25.7 Å². The molecule has 1 fully saturated rings. The number of benzene rings is 1. The van der Waals surface area contributed by atoms with Crippen LogP contribution < -0.4 is 5.32 Å². The van der Waals surface area contributed by atoms with Gasteiger partial charge >= 0.3 is 0 Å². The van der Waals surface area contributed by atoms with E-state index in [-0.39, 0.29) is 5.54 Å². The molecular formula is C16H17N3S. The lowest BCUT2D eigenvalue weighted by Crippen LogP contribution is -2.21. The average Bonchev–Trinajstić information content (AvgIpc) is 3.09. The Morgan fingerprint density at radius 2 is 2.05 bits per heavy atom. The van der Waals surface area contributed by atoms with Gasteiger partial charge in [0.1, 0.15) is 0 Å². The van der Waals surface area contributed by atoms with E-state index in [1.54, 1.807) is 0 Å². The smallest absolute Gasteiger partial charge is 0.161 e. The molecule has 1 aliphatic carbocycles. The Morgan fingerprint density at radius 3 is 2.95 bits per heavy atom. The van der Waals surface area contributed by atoms with Crippen molar-refractivity contribution in [2.45, 2.75) is 31.2 Å². The van der Waals surface area contributed by atoms with Crippen molar-refractivity contribution in [2.24, 2.45) is 4.99 Å². The van der Waals surface area contributed by atoms with E-state index in [4.69, 9.17) is 4.99 Å². The first kappa shape index (κ1) is 12.2. The summed E-state index contributed by atoms with van der Waals surface area (Å²) in [4.78, 5) is 9.30. The van der Waals surface area contributed by atoms with E-state index >= 15 is 0 Å². The molecule has 1 aromatic carbocycles. The number of nitrogens with one attached hydrogen (secondary N) is 1. The number of thioether (sulfide) groups is 1. The van der Waals surface area contributed by atoms with Crippen molar-refractivity contribution in [2.75, 3.05) is 11.1 Å². The molecule has 1 spiro atoms. The maximum absolute atomic E-state index is 4.95. The van der Waals surface area contributed by atoms with Crippen LogP contribution in [0, 0.1) is 0 Å². The molecule has 0 radical (unpaired) electrons. The Kier molecular flexibility index (Phi) is 2.91. The third-order valence-corrected chi connectivity index (χ3v) is 5.35. The van der Waals surface area contributed by atoms with Gasteiger partial charge < -0.3 is 5.32 Å². The zero-order chi connectivity index (χ0) is 13.4. The molecule has 1 aromatic heterocycles. The number of hydrogen-bond donors (Lipinski definition) is 1. The first-order chi connectivity index (χ1) is 9.83. The van der Waals surface area contributed by atoms with Crippen LogP contribution in [0.5, 0.6) is 0 Å². The normalized spacial score (nSPS) is 20.5. The molecule has 2 aliphatic rings. The predicted octanol–water partition coefficient (Wildman–Crippen LogP) is 4.06. The molecule has 102 valence electrons. The zero-order valence-electron chi connectivity index (χ0n) is 11.3. The molecule has 1 N–H and O–H groups in total. The van der Waals surface area contributed by atoms with Gasteiger partial charge in [-0.05, 0) is 37.1 Å². The van der Waals surface area contributed by atoms with Gasteiger partial charge in [0.15, 0.2) is 5.17 Å². The lowest BCUT2D eigenvalue weighted by atomic mass is 10.0. The SMILES string of the molecule is c1cnc2ccc(NC3=NC4(CCCC4)CS3)cc2c1. The molecule has 2 heterocycles. The minimum absolute atomic E-state index is 0.241. The van der Waals surface area contributed by atoms with E-state index in [2.05, 4.69) is 34.6 Å². The second-order valence-corrected chi connectivity index (χ2v) is 6.64. The van der Waals surface area contributed by atoms with Crippen molar-refractivity contribution in [3.8, 4) is 0 Å². The lowest BCUT2D eigenvalue weighted by molar-refractivity contribution is 0.508. The fraction of sp³-hybridized carbons (Fsp3) is 0.375. The highest BCUT2D eigenvalue weighted by molar-refractivity contribution is 8.14. The number of nitrogens with zero attached hydrogens (tertiary/aromatic N) is 2. The second kappa shape index (κ2) is 4.77. The Hall–Kier alpha value is -1.55. The van der Waals surface area contributed by atoms with Gasteiger partial charge in [-0.25, -0.2) is 0 Å². The van der Waals surface area contributed by atoms with Crippen LogP contribution >= 0.6 is 11.8 Å². The first-order valence-corrected chi connectivity index (χ1v) is 8.16. The quantitative estimate of drug-likeness (QED) is 0.857. The summed E-state index contributed by atoms with van der Waals surface area (Å²) in [6.07, 6.45) is 7.01. The monoisotopic (exact) mass is 283 g/mol. The maximum Gasteiger partial charge on any atom is 0.161 e. The van der Waals surface area contributed by atoms with E-state index in [0.29, 0.717) is 0 Å². The van der Waals surface area contributed by atoms with Crippen LogP contribution in [0.4, 0.5) is 5.69 Å². The van der Waals surface area contributed by atoms with Gasteiger partial charge in [-0.2, -0.15) is 0 Å². The number of aliphatic imine (C=N–C) groups is 1. The summed E-state index contributed by atoms with van der Waals surface area (Å²) in [5.41, 5.74) is 2.38. The number of rotatable bonds is 1. The number of pyridine rings is 1. The van der Waals surface area contributed by atoms with Gasteiger partial charge in [0, 0.05) is 23.0 Å². The molecule has 0 bridgehead atoms. The summed E-state index contributed by atoms with van der Waals surface area (Å²) in [6.45, 7) is 0. The molecule has 2 aromatic rings. The molecule has 0 amide bonds. The number of fused-ring (bicyclic) bond motifs is 1. The number of amidine groups is 1. The summed E-state index contributed by atoms with van der Waals surface area (Å²) in [6, 6.07) is 10.4. The molecule has 0 atom stereocenters. The second-order valence-electron chi connectivity index (χ2n) is 5.67. The molecule has 4 rings (SSSR count). The van der Waals surface area contributed by atoms with Crippen LogP contribution in [0.2, 0.25) is 0 Å². The van der Waals surface area contributed by atoms with Crippen molar-refractivity contribution < 1.29 is 0 Å². The topological polar surface area (TPSA) is 37.3 Å². The van der Waals surface area contributed by atoms with Gasteiger partial charge in [0.25, 0.3) is 0 Å². The van der Waals surface area contributed by atoms with Crippen molar-refractivity contribution in [1.29, 1.82) is 0 Å². The zero-order valence-corrected chi connectivity index (χ0v) is 12.1. The van der Waals surface area contributed by atoms with Crippen LogP contribution in [-0.2, 0) is 0 Å². The Labute approximate surface area is 122 Å². The van der Waals surface area contributed by atoms with Crippen molar-refractivity contribution in [3.05, 3.63) is 36.5 Å². The predicted molar refractivity (Wildman–Crippen MR) is 86.5 cm³/mol. The number of aromatic nitrogens is 1. The Bertz CT molecular complexity index is 674. The van der Waals surface area contributed by atoms with Gasteiger partial charge in [-0.15, -0.1) is 0 Å². The molecule has 0 unspecified atom stereocenters. The van der Waals surface area contributed by atoms with Crippen LogP contribution in [0.1, 0.15) is 25.7 Å². The third-order valence-electron chi connectivity index (χ3n) is 4.20. The molecule has 20 heavy (non-hydrogen) atoms. The van der Waals surface area contributed by atoms with Gasteiger partial charge in [-0.3, -0.25) is 9.98 Å². The van der Waals surface area contributed by atoms with Gasteiger partial charge in [0.2, 0.25) is 0 Å². The van der Waals surface area contributed by atoms with E-state index in [1.807, 2.05) is 24.0 Å². The maximum atomic E-state index is 4.95. The summed E-state index contributed by atoms with van der Waals surface area (Å²) in [7, 11) is 0. The van der Waals surface area contributed by atoms with Crippen molar-refractivity contribution in [1.82, 2.24) is 4.98 Å². The van der Waals surface area contributed by atoms with E-state index in [0.717, 1.165) is 27.5 Å². The molecule has 1 aliphatic heterocycles. The van der Waals surface area contributed by atoms with Gasteiger partial charge in [-0.1, -0.05) is 30.7 Å². The van der Waals surface area contributed by atoms with Crippen molar-refractivity contribution >= 4 is 33.5 Å². The fourth-order valence-electron chi connectivity index (χ4n) is 3.11. The highest BCUT2D eigenvalue weighted by Gasteiger charge is 2.38. The minimum atomic E-state index is 0.241. The van der Waals surface area contributed by atoms with E-state index < -0.39 is 0 Å². The summed E-state index contributed by atoms with van der Waals surface area (Å²) in [5, 5.41) is 5.71. The van der Waals surface area contributed by atoms with Crippen LogP contribution in [0.25, 0.3) is 10.9 Å². The molecule has 3 nitrogen and oxygen atoms in total. The Balaban J connectivity index is 1.58. The third kappa shape index (κ3) is 2.18. The van der Waals surface area contributed by atoms with Crippen LogP contribution in [0.15, 0.2) is 41.5 Å². The average molecular weight is 283 g/mol. The minimum Gasteiger partial charge on any atom is -0.335 e. The summed E-state index contributed by atoms with van der Waals surface area (Å²) >= 11 is 1.86. The van der Waals surface area contributed by atoms with Crippen molar-refractivity contribution in [3.63, 3.8) is 0 Å². The molecular weight excluding hydrogens is 266 g/mol. The van der Waals surface area contributed by atoms with Crippen LogP contribution in [0.3, 0.4) is 0 Å². The molecule has 1 saturated carbocycles. The first-order valence-electron chi connectivity index (χ1n) is 7.18.